The van der Waals surface area contributed by atoms with Crippen molar-refractivity contribution in [2.45, 2.75) is 26.7 Å². The average molecular weight is 811 g/mol. The molecule has 0 saturated heterocycles. The lowest BCUT2D eigenvalue weighted by Crippen LogP contribution is -2.10. The lowest BCUT2D eigenvalue weighted by Gasteiger charge is -2.26. The van der Waals surface area contributed by atoms with E-state index in [1.54, 1.807) is 0 Å². The van der Waals surface area contributed by atoms with Crippen molar-refractivity contribution in [2.75, 3.05) is 4.90 Å². The second-order valence-electron chi connectivity index (χ2n) is 16.3. The molecule has 0 atom stereocenters. The number of nitrogens with zero attached hydrogens (tertiary/aromatic N) is 2. The summed E-state index contributed by atoms with van der Waals surface area (Å²) in [5.41, 5.74) is 16.8. The van der Waals surface area contributed by atoms with Crippen LogP contribution in [0.25, 0.3) is 88.8 Å². The van der Waals surface area contributed by atoms with Crippen molar-refractivity contribution >= 4 is 66.8 Å². The Labute approximate surface area is 368 Å². The normalized spacial score (nSPS) is 11.7. The van der Waals surface area contributed by atoms with Crippen LogP contribution < -0.4 is 4.90 Å². The maximum absolute atomic E-state index is 7.15. The Hall–Kier alpha value is -7.88. The van der Waals surface area contributed by atoms with Crippen LogP contribution in [-0.4, -0.2) is 4.57 Å². The summed E-state index contributed by atoms with van der Waals surface area (Å²) in [7, 11) is 0. The highest BCUT2D eigenvalue weighted by atomic mass is 16.3. The molecule has 11 rings (SSSR count). The quantitative estimate of drug-likeness (QED) is 0.137. The number of hydrogen-bond acceptors (Lipinski definition) is 2. The van der Waals surface area contributed by atoms with Crippen LogP contribution in [0.3, 0.4) is 0 Å². The van der Waals surface area contributed by atoms with Gasteiger partial charge in [0.1, 0.15) is 5.58 Å². The predicted molar refractivity (Wildman–Crippen MR) is 268 cm³/mol. The Balaban J connectivity index is 1.03. The first kappa shape index (κ1) is 38.1. The molecule has 11 aromatic rings. The van der Waals surface area contributed by atoms with Crippen LogP contribution in [-0.2, 0) is 6.42 Å². The molecule has 0 spiro atoms. The van der Waals surface area contributed by atoms with Crippen molar-refractivity contribution < 1.29 is 4.42 Å². The predicted octanol–water partition coefficient (Wildman–Crippen LogP) is 17.1. The zero-order valence-electron chi connectivity index (χ0n) is 35.5. The van der Waals surface area contributed by atoms with Crippen LogP contribution in [0.4, 0.5) is 17.1 Å². The number of furan rings is 1. The summed E-state index contributed by atoms with van der Waals surface area (Å²) in [4.78, 5) is 2.34. The van der Waals surface area contributed by atoms with Crippen LogP contribution in [0.15, 0.2) is 217 Å². The molecule has 0 fully saturated rings. The van der Waals surface area contributed by atoms with Crippen LogP contribution in [0.5, 0.6) is 0 Å². The standard InChI is InChI=1S/C60H46N2O/c1-3-16-51-52-24-13-14-26-56(52)62(55(51)17-4-2)49-38-32-44(33-39-49)43-30-36-48(37-31-43)61(47-34-28-42(29-35-47)41-18-7-5-8-19-41)57-27-15-25-53-58-50-23-12-11-22-46(50)40-54(60(58)63-59(53)57)45-20-9-6-10-21-45/h3,5-16,18-40H,4,17H2,1-2H3/b16-3-. The lowest BCUT2D eigenvalue weighted by atomic mass is 9.96. The van der Waals surface area contributed by atoms with Crippen molar-refractivity contribution in [1.82, 2.24) is 4.57 Å². The molecule has 2 heterocycles. The number of rotatable bonds is 10. The monoisotopic (exact) mass is 810 g/mol. The van der Waals surface area contributed by atoms with Gasteiger partial charge in [-0.1, -0.05) is 177 Å². The minimum atomic E-state index is 0.852. The number of hydrogen-bond donors (Lipinski definition) is 0. The summed E-state index contributed by atoms with van der Waals surface area (Å²) in [5.74, 6) is 0. The van der Waals surface area contributed by atoms with E-state index in [4.69, 9.17) is 4.42 Å². The highest BCUT2D eigenvalue weighted by Crippen LogP contribution is 2.47. The molecule has 0 saturated carbocycles. The summed E-state index contributed by atoms with van der Waals surface area (Å²) in [6.07, 6.45) is 6.50. The molecule has 2 aromatic heterocycles. The van der Waals surface area contributed by atoms with Crippen LogP contribution in [0.2, 0.25) is 0 Å². The van der Waals surface area contributed by atoms with E-state index in [1.807, 2.05) is 0 Å². The summed E-state index contributed by atoms with van der Waals surface area (Å²) in [6.45, 7) is 4.36. The highest BCUT2D eigenvalue weighted by molar-refractivity contribution is 6.24. The van der Waals surface area contributed by atoms with Crippen molar-refractivity contribution in [3.63, 3.8) is 0 Å². The summed E-state index contributed by atoms with van der Waals surface area (Å²) in [6, 6.07) is 74.3. The van der Waals surface area contributed by atoms with Crippen LogP contribution >= 0.6 is 0 Å². The van der Waals surface area contributed by atoms with Gasteiger partial charge >= 0.3 is 0 Å². The summed E-state index contributed by atoms with van der Waals surface area (Å²) >= 11 is 0. The molecule has 0 aliphatic heterocycles. The topological polar surface area (TPSA) is 21.3 Å². The SMILES string of the molecule is C/C=C\c1c(CCC)n(-c2ccc(-c3ccc(N(c4ccc(-c5ccccc5)cc4)c4cccc5c4oc4c(-c6ccccc6)cc6ccccc6c45)cc3)cc2)c2ccccc12. The number of para-hydroxylation sites is 2. The molecule has 0 radical (unpaired) electrons. The first-order valence-electron chi connectivity index (χ1n) is 22.0. The molecule has 302 valence electrons. The first-order valence-corrected chi connectivity index (χ1v) is 22.0. The molecule has 63 heavy (non-hydrogen) atoms. The van der Waals surface area contributed by atoms with Crippen molar-refractivity contribution in [3.8, 4) is 39.1 Å². The molecule has 3 heteroatoms. The van der Waals surface area contributed by atoms with Gasteiger partial charge in [0.05, 0.1) is 11.2 Å². The van der Waals surface area contributed by atoms with E-state index in [9.17, 15) is 0 Å². The van der Waals surface area contributed by atoms with Crippen molar-refractivity contribution in [1.29, 1.82) is 0 Å². The fraction of sp³-hybridized carbons (Fsp3) is 0.0667. The summed E-state index contributed by atoms with van der Waals surface area (Å²) in [5, 5.41) is 5.89. The maximum atomic E-state index is 7.15. The van der Waals surface area contributed by atoms with E-state index in [2.05, 4.69) is 242 Å². The van der Waals surface area contributed by atoms with E-state index in [0.717, 1.165) is 68.5 Å². The third-order valence-electron chi connectivity index (χ3n) is 12.4. The zero-order chi connectivity index (χ0) is 42.3. The fourth-order valence-electron chi connectivity index (χ4n) is 9.56. The Morgan fingerprint density at radius 2 is 1.06 bits per heavy atom. The molecule has 3 nitrogen and oxygen atoms in total. The zero-order valence-corrected chi connectivity index (χ0v) is 35.5. The Kier molecular flexibility index (Phi) is 9.78. The number of anilines is 3. The van der Waals surface area contributed by atoms with Gasteiger partial charge in [-0.05, 0) is 107 Å². The minimum Gasteiger partial charge on any atom is -0.453 e. The Morgan fingerprint density at radius 1 is 0.508 bits per heavy atom. The second-order valence-corrected chi connectivity index (χ2v) is 16.3. The van der Waals surface area contributed by atoms with Gasteiger partial charge < -0.3 is 13.9 Å². The van der Waals surface area contributed by atoms with Crippen molar-refractivity contribution in [3.05, 3.63) is 224 Å². The van der Waals surface area contributed by atoms with Gasteiger partial charge in [-0.15, -0.1) is 0 Å². The molecule has 0 aliphatic rings. The number of aromatic nitrogens is 1. The van der Waals surface area contributed by atoms with Gasteiger partial charge in [-0.2, -0.15) is 0 Å². The van der Waals surface area contributed by atoms with E-state index in [0.29, 0.717) is 0 Å². The van der Waals surface area contributed by atoms with E-state index >= 15 is 0 Å². The van der Waals surface area contributed by atoms with E-state index in [-0.39, 0.29) is 0 Å². The van der Waals surface area contributed by atoms with Crippen molar-refractivity contribution in [2.24, 2.45) is 0 Å². The van der Waals surface area contributed by atoms with Gasteiger partial charge in [0, 0.05) is 50.0 Å². The Morgan fingerprint density at radius 3 is 1.71 bits per heavy atom. The summed E-state index contributed by atoms with van der Waals surface area (Å²) < 4.78 is 9.60. The molecule has 0 amide bonds. The molecular formula is C60H46N2O. The Bertz CT molecular complexity index is 3430. The number of allylic oxidation sites excluding steroid dienone is 1. The number of benzene rings is 9. The minimum absolute atomic E-state index is 0.852. The van der Waals surface area contributed by atoms with Gasteiger partial charge in [0.15, 0.2) is 5.58 Å². The largest absolute Gasteiger partial charge is 0.453 e. The third-order valence-corrected chi connectivity index (χ3v) is 12.4. The highest BCUT2D eigenvalue weighted by Gasteiger charge is 2.23. The maximum Gasteiger partial charge on any atom is 0.159 e. The van der Waals surface area contributed by atoms with Crippen LogP contribution in [0.1, 0.15) is 31.5 Å². The second kappa shape index (κ2) is 16.2. The van der Waals surface area contributed by atoms with Gasteiger partial charge in [-0.3, -0.25) is 0 Å². The molecule has 0 N–H and O–H groups in total. The molecular weight excluding hydrogens is 765 g/mol. The third kappa shape index (κ3) is 6.70. The molecule has 0 aliphatic carbocycles. The lowest BCUT2D eigenvalue weighted by molar-refractivity contribution is 0.670. The van der Waals surface area contributed by atoms with Gasteiger partial charge in [0.2, 0.25) is 0 Å². The average Bonchev–Trinajstić information content (AvgIpc) is 3.89. The van der Waals surface area contributed by atoms with Gasteiger partial charge in [0.25, 0.3) is 0 Å². The molecule has 9 aromatic carbocycles. The van der Waals surface area contributed by atoms with Crippen LogP contribution in [0, 0.1) is 0 Å². The first-order chi connectivity index (χ1) is 31.2. The number of fused-ring (bicyclic) bond motifs is 6. The van der Waals surface area contributed by atoms with E-state index in [1.165, 1.54) is 55.3 Å². The fourth-order valence-corrected chi connectivity index (χ4v) is 9.56. The smallest absolute Gasteiger partial charge is 0.159 e. The molecule has 0 unspecified atom stereocenters. The molecule has 0 bridgehead atoms. The van der Waals surface area contributed by atoms with Gasteiger partial charge in [-0.25, -0.2) is 0 Å². The van der Waals surface area contributed by atoms with E-state index < -0.39 is 0 Å².